The summed E-state index contributed by atoms with van der Waals surface area (Å²) in [5.74, 6) is -13.8. The molecule has 0 bridgehead atoms. The number of unbranched alkanes of at least 4 members (excludes halogenated alkanes) is 1. The molecule has 0 fully saturated rings. The number of carboxylic acids is 2. The second-order valence-corrected chi connectivity index (χ2v) is 16.1. The highest BCUT2D eigenvalue weighted by molar-refractivity contribution is 5.98. The van der Waals surface area contributed by atoms with E-state index in [1.54, 1.807) is 0 Å². The molecule has 32 heteroatoms. The summed E-state index contributed by atoms with van der Waals surface area (Å²) >= 11 is 0. The summed E-state index contributed by atoms with van der Waals surface area (Å²) in [6.45, 7) is 1.80. The van der Waals surface area contributed by atoms with Gasteiger partial charge in [0.25, 0.3) is 0 Å². The third kappa shape index (κ3) is 25.0. The second kappa shape index (κ2) is 32.9. The number of aliphatic hydroxyl groups excluding tert-OH is 5. The number of hydrogen-bond donors (Lipinski definition) is 20. The summed E-state index contributed by atoms with van der Waals surface area (Å²) in [5.41, 5.74) is 21.8. The van der Waals surface area contributed by atoms with Crippen molar-refractivity contribution in [1.82, 2.24) is 47.9 Å². The first-order chi connectivity index (χ1) is 33.1. The topological polar surface area (TPSA) is 554 Å². The van der Waals surface area contributed by atoms with Crippen LogP contribution in [0.4, 0.5) is 0 Å². The van der Waals surface area contributed by atoms with Gasteiger partial charge in [-0.15, -0.1) is 0 Å². The fourth-order valence-corrected chi connectivity index (χ4v) is 5.87. The van der Waals surface area contributed by atoms with E-state index >= 15 is 0 Å². The fourth-order valence-electron chi connectivity index (χ4n) is 5.87. The number of guanidine groups is 1. The quantitative estimate of drug-likeness (QED) is 0.0162. The first-order valence-electron chi connectivity index (χ1n) is 22.0. The molecule has 0 rings (SSSR count). The zero-order chi connectivity index (χ0) is 54.7. The molecule has 12 atom stereocenters. The largest absolute Gasteiger partial charge is 0.481 e. The molecule has 32 nitrogen and oxygen atoms in total. The van der Waals surface area contributed by atoms with Crippen LogP contribution in [-0.4, -0.2) is 212 Å². The molecule has 71 heavy (non-hydrogen) atoms. The van der Waals surface area contributed by atoms with E-state index in [0.717, 1.165) is 20.8 Å². The number of aliphatic hydroxyl groups is 5. The molecule has 404 valence electrons. The van der Waals surface area contributed by atoms with Crippen LogP contribution < -0.4 is 70.8 Å². The fraction of sp³-hybridized carbons (Fsp3) is 0.692. The van der Waals surface area contributed by atoms with Crippen LogP contribution in [0.2, 0.25) is 0 Å². The highest BCUT2D eigenvalue weighted by Crippen LogP contribution is 2.08. The summed E-state index contributed by atoms with van der Waals surface area (Å²) in [5, 5.41) is 87.9. The summed E-state index contributed by atoms with van der Waals surface area (Å²) in [7, 11) is 0. The van der Waals surface area contributed by atoms with Gasteiger partial charge in [-0.3, -0.25) is 52.9 Å². The van der Waals surface area contributed by atoms with E-state index in [0.29, 0.717) is 6.42 Å². The molecule has 0 aliphatic rings. The summed E-state index contributed by atoms with van der Waals surface area (Å²) in [4.78, 5) is 145. The molecule has 0 aromatic carbocycles. The molecular formula is C39H70N14O18. The molecule has 24 N–H and O–H groups in total. The van der Waals surface area contributed by atoms with Crippen molar-refractivity contribution < 1.29 is 88.5 Å². The van der Waals surface area contributed by atoms with E-state index in [-0.39, 0.29) is 44.7 Å². The van der Waals surface area contributed by atoms with E-state index < -0.39 is 164 Å². The smallest absolute Gasteiger partial charge is 0.328 e. The lowest BCUT2D eigenvalue weighted by Gasteiger charge is -2.28. The van der Waals surface area contributed by atoms with Crippen molar-refractivity contribution in [2.45, 2.75) is 139 Å². The molecule has 0 aliphatic heterocycles. The number of amides is 9. The molecular weight excluding hydrogens is 953 g/mol. The van der Waals surface area contributed by atoms with Gasteiger partial charge in [0.15, 0.2) is 5.96 Å². The molecule has 0 unspecified atom stereocenters. The highest BCUT2D eigenvalue weighted by atomic mass is 16.4. The number of nitrogens with zero attached hydrogens (tertiary/aromatic N) is 1. The third-order valence-electron chi connectivity index (χ3n) is 9.86. The van der Waals surface area contributed by atoms with Crippen LogP contribution >= 0.6 is 0 Å². The molecule has 9 amide bonds. The van der Waals surface area contributed by atoms with Gasteiger partial charge >= 0.3 is 11.9 Å². The number of aliphatic carboxylic acids is 2. The van der Waals surface area contributed by atoms with Crippen molar-refractivity contribution in [3.8, 4) is 0 Å². The van der Waals surface area contributed by atoms with Crippen LogP contribution in [-0.2, 0) is 52.7 Å². The number of nitrogens with two attached hydrogens (primary N) is 4. The number of carboxylic acid groups (broad SMARTS) is 2. The van der Waals surface area contributed by atoms with Crippen molar-refractivity contribution in [3.05, 3.63) is 0 Å². The van der Waals surface area contributed by atoms with Crippen molar-refractivity contribution in [1.29, 1.82) is 0 Å². The van der Waals surface area contributed by atoms with Crippen LogP contribution in [0.1, 0.15) is 66.2 Å². The Bertz CT molecular complexity index is 1870. The predicted molar refractivity (Wildman–Crippen MR) is 244 cm³/mol. The lowest BCUT2D eigenvalue weighted by molar-refractivity contribution is -0.144. The van der Waals surface area contributed by atoms with Crippen molar-refractivity contribution >= 4 is 71.1 Å². The monoisotopic (exact) mass is 1020 g/mol. The highest BCUT2D eigenvalue weighted by Gasteiger charge is 2.36. The normalized spacial score (nSPS) is 16.0. The molecule has 0 aliphatic carbocycles. The van der Waals surface area contributed by atoms with Gasteiger partial charge in [0.2, 0.25) is 53.2 Å². The Morgan fingerprint density at radius 2 is 0.930 bits per heavy atom. The maximum Gasteiger partial charge on any atom is 0.328 e. The number of aliphatic imine (C=N–C) groups is 1. The number of carbonyl (C=O) groups excluding carboxylic acids is 9. The van der Waals surface area contributed by atoms with Crippen molar-refractivity contribution in [2.24, 2.45) is 27.9 Å². The van der Waals surface area contributed by atoms with Gasteiger partial charge in [0, 0.05) is 6.54 Å². The molecule has 0 saturated carbocycles. The van der Waals surface area contributed by atoms with E-state index in [4.69, 9.17) is 28.0 Å². The van der Waals surface area contributed by atoms with Crippen molar-refractivity contribution in [3.63, 3.8) is 0 Å². The molecule has 0 aromatic heterocycles. The Morgan fingerprint density at radius 1 is 0.507 bits per heavy atom. The lowest BCUT2D eigenvalue weighted by atomic mass is 10.0. The van der Waals surface area contributed by atoms with Gasteiger partial charge in [0.1, 0.15) is 48.3 Å². The first-order valence-corrected chi connectivity index (χ1v) is 22.0. The Hall–Kier alpha value is -6.84. The van der Waals surface area contributed by atoms with Crippen LogP contribution in [0, 0.1) is 0 Å². The zero-order valence-corrected chi connectivity index (χ0v) is 39.6. The van der Waals surface area contributed by atoms with E-state index in [2.05, 4.69) is 47.5 Å². The van der Waals surface area contributed by atoms with E-state index in [9.17, 15) is 83.4 Å². The molecule has 0 radical (unpaired) electrons. The Morgan fingerprint density at radius 3 is 1.39 bits per heavy atom. The number of rotatable bonds is 34. The zero-order valence-electron chi connectivity index (χ0n) is 39.6. The number of hydrogen-bond acceptors (Lipinski definition) is 19. The van der Waals surface area contributed by atoms with Gasteiger partial charge in [-0.2, -0.15) is 0 Å². The minimum absolute atomic E-state index is 0.0360. The lowest BCUT2D eigenvalue weighted by Crippen LogP contribution is -2.62. The first kappa shape index (κ1) is 64.2. The number of carbonyl (C=O) groups is 11. The maximum absolute atomic E-state index is 13.7. The SMILES string of the molecule is C[C@@H](O)[C@H](N)C(=O)NCC(=O)N[C@@H](CCCN=C(N)N)C(=O)N[C@@H](CC(=O)O)C(=O)N[C@H](C(=O)N[C@@H](CCCCN)C(=O)N[C@H](C(=O)NCC(=O)N[C@H](C(=O)N[C@@H](CO)C(=O)O)[C@@H](C)O)[C@@H](C)O)[C@@H](C)O. The predicted octanol–water partition coefficient (Wildman–Crippen LogP) is -10.8. The van der Waals surface area contributed by atoms with Gasteiger partial charge in [-0.1, -0.05) is 0 Å². The molecule has 0 spiro atoms. The van der Waals surface area contributed by atoms with Gasteiger partial charge in [0.05, 0.1) is 50.5 Å². The van der Waals surface area contributed by atoms with Gasteiger partial charge in [-0.25, -0.2) is 4.79 Å². The average Bonchev–Trinajstić information content (AvgIpc) is 3.28. The van der Waals surface area contributed by atoms with Crippen LogP contribution in [0.25, 0.3) is 0 Å². The Balaban J connectivity index is 6.29. The minimum Gasteiger partial charge on any atom is -0.481 e. The van der Waals surface area contributed by atoms with E-state index in [1.807, 2.05) is 5.32 Å². The van der Waals surface area contributed by atoms with Crippen LogP contribution in [0.15, 0.2) is 4.99 Å². The summed E-state index contributed by atoms with van der Waals surface area (Å²) < 4.78 is 0. The Labute approximate surface area is 406 Å². The molecule has 0 aromatic rings. The summed E-state index contributed by atoms with van der Waals surface area (Å²) in [6.07, 6.45) is -7.37. The second-order valence-electron chi connectivity index (χ2n) is 16.1. The number of nitrogens with one attached hydrogen (secondary N) is 9. The molecule has 0 heterocycles. The van der Waals surface area contributed by atoms with Crippen LogP contribution in [0.5, 0.6) is 0 Å². The minimum atomic E-state index is -1.99. The third-order valence-corrected chi connectivity index (χ3v) is 9.86. The average molecular weight is 1020 g/mol. The Kier molecular flexibility index (Phi) is 29.7. The van der Waals surface area contributed by atoms with Crippen LogP contribution in [0.3, 0.4) is 0 Å². The van der Waals surface area contributed by atoms with E-state index in [1.165, 1.54) is 6.92 Å². The van der Waals surface area contributed by atoms with Gasteiger partial charge in [-0.05, 0) is 66.3 Å². The van der Waals surface area contributed by atoms with Crippen molar-refractivity contribution in [2.75, 3.05) is 32.8 Å². The maximum atomic E-state index is 13.7. The van der Waals surface area contributed by atoms with Gasteiger partial charge < -0.3 is 107 Å². The molecule has 0 saturated heterocycles. The standard InChI is InChI=1S/C39H70N14O18/c1-16(55)27(41)34(66)45-13-24(59)47-20(9-7-11-44-39(42)43)31(63)49-22(12-26(61)62)33(65)53-30(19(4)58)37(69)48-21(8-5-6-10-40)32(64)52-28(17(2)56)35(67)46-14-25(60)51-29(18(3)57)36(68)50-23(15-54)38(70)71/h16-23,27-30,54-58H,5-15,40-41H2,1-4H3,(H,45,66)(H,46,67)(H,47,59)(H,48,69)(H,49,63)(H,50,68)(H,51,60)(H,52,64)(H,53,65)(H,61,62)(H,70,71)(H4,42,43,44)/t16-,17-,18-,19-,20+,21+,22+,23+,27+,28+,29+,30+/m1/s1. The summed E-state index contributed by atoms with van der Waals surface area (Å²) in [6, 6.07) is -13.9.